The van der Waals surface area contributed by atoms with E-state index in [0.29, 0.717) is 6.54 Å². The maximum Gasteiger partial charge on any atom is 0.238 e. The largest absolute Gasteiger partial charge is 0.379 e. The maximum atomic E-state index is 12.6. The van der Waals surface area contributed by atoms with Crippen molar-refractivity contribution in [2.75, 3.05) is 64.3 Å². The van der Waals surface area contributed by atoms with Crippen molar-refractivity contribution in [1.82, 2.24) is 19.7 Å². The lowest BCUT2D eigenvalue weighted by Gasteiger charge is -2.33. The molecule has 1 amide bonds. The third-order valence-electron chi connectivity index (χ3n) is 6.54. The average Bonchev–Trinajstić information content (AvgIpc) is 3.36. The topological polar surface area (TPSA) is 60.9 Å². The molecule has 1 aromatic heterocycles. The molecule has 7 nitrogen and oxygen atoms in total. The van der Waals surface area contributed by atoms with Crippen LogP contribution in [0.25, 0.3) is 10.6 Å². The molecular weight excluding hydrogens is 458 g/mol. The second-order valence-corrected chi connectivity index (χ2v) is 10.1. The van der Waals surface area contributed by atoms with Gasteiger partial charge in [-0.25, -0.2) is 4.98 Å². The zero-order valence-electron chi connectivity index (χ0n) is 20.1. The Morgan fingerprint density at radius 2 is 1.54 bits per heavy atom. The fraction of sp³-hybridized carbons (Fsp3) is 0.407. The molecule has 35 heavy (non-hydrogen) atoms. The Morgan fingerprint density at radius 1 is 0.857 bits per heavy atom. The van der Waals surface area contributed by atoms with Crippen molar-refractivity contribution in [3.05, 3.63) is 71.2 Å². The molecule has 5 rings (SSSR count). The lowest BCUT2D eigenvalue weighted by molar-refractivity contribution is -0.117. The molecule has 0 bridgehead atoms. The Labute approximate surface area is 211 Å². The molecule has 8 heteroatoms. The van der Waals surface area contributed by atoms with Crippen molar-refractivity contribution in [3.8, 4) is 10.6 Å². The highest BCUT2D eigenvalue weighted by Gasteiger charge is 2.20. The predicted molar refractivity (Wildman–Crippen MR) is 140 cm³/mol. The lowest BCUT2D eigenvalue weighted by atomic mass is 10.2. The van der Waals surface area contributed by atoms with E-state index in [0.717, 1.165) is 82.0 Å². The van der Waals surface area contributed by atoms with Gasteiger partial charge in [0.1, 0.15) is 5.01 Å². The van der Waals surface area contributed by atoms with Crippen LogP contribution < -0.4 is 5.32 Å². The number of anilines is 1. The number of rotatable bonds is 8. The highest BCUT2D eigenvalue weighted by molar-refractivity contribution is 7.13. The summed E-state index contributed by atoms with van der Waals surface area (Å²) >= 11 is 1.70. The van der Waals surface area contributed by atoms with Gasteiger partial charge in [-0.15, -0.1) is 11.3 Å². The normalized spacial score (nSPS) is 17.9. The minimum Gasteiger partial charge on any atom is -0.379 e. The van der Waals surface area contributed by atoms with Crippen LogP contribution in [0.1, 0.15) is 11.3 Å². The minimum atomic E-state index is 0.0476. The number of nitrogens with zero attached hydrogens (tertiary/aromatic N) is 4. The Morgan fingerprint density at radius 3 is 2.29 bits per heavy atom. The molecule has 3 aromatic rings. The smallest absolute Gasteiger partial charge is 0.238 e. The molecule has 0 saturated carbocycles. The van der Waals surface area contributed by atoms with Crippen molar-refractivity contribution in [2.45, 2.75) is 13.1 Å². The number of piperazine rings is 1. The first kappa shape index (κ1) is 24.1. The predicted octanol–water partition coefficient (Wildman–Crippen LogP) is 3.40. The van der Waals surface area contributed by atoms with Crippen molar-refractivity contribution in [1.29, 1.82) is 0 Å². The summed E-state index contributed by atoms with van der Waals surface area (Å²) < 4.78 is 5.41. The lowest BCUT2D eigenvalue weighted by Crippen LogP contribution is -2.48. The van der Waals surface area contributed by atoms with Gasteiger partial charge < -0.3 is 10.1 Å². The second-order valence-electron chi connectivity index (χ2n) is 9.20. The van der Waals surface area contributed by atoms with Crippen LogP contribution in [0.4, 0.5) is 5.69 Å². The third-order valence-corrected chi connectivity index (χ3v) is 7.48. The molecule has 0 aliphatic carbocycles. The molecule has 3 heterocycles. The van der Waals surface area contributed by atoms with Gasteiger partial charge in [-0.05, 0) is 17.7 Å². The molecule has 0 atom stereocenters. The summed E-state index contributed by atoms with van der Waals surface area (Å²) in [5.41, 5.74) is 4.41. The van der Waals surface area contributed by atoms with E-state index >= 15 is 0 Å². The van der Waals surface area contributed by atoms with Crippen molar-refractivity contribution in [2.24, 2.45) is 0 Å². The van der Waals surface area contributed by atoms with Gasteiger partial charge in [0, 0.05) is 69.0 Å². The fourth-order valence-electron chi connectivity index (χ4n) is 4.54. The number of thiazole rings is 1. The van der Waals surface area contributed by atoms with Gasteiger partial charge in [0.15, 0.2) is 0 Å². The number of morpholine rings is 1. The molecular formula is C27H33N5O2S. The van der Waals surface area contributed by atoms with E-state index in [1.165, 1.54) is 11.1 Å². The molecule has 0 radical (unpaired) electrons. The molecule has 2 fully saturated rings. The number of benzene rings is 2. The first-order valence-corrected chi connectivity index (χ1v) is 13.2. The number of amides is 1. The number of aromatic nitrogens is 1. The summed E-state index contributed by atoms with van der Waals surface area (Å²) in [7, 11) is 0. The number of ether oxygens (including phenoxy) is 1. The monoisotopic (exact) mass is 491 g/mol. The van der Waals surface area contributed by atoms with Crippen LogP contribution in [0.5, 0.6) is 0 Å². The minimum absolute atomic E-state index is 0.0476. The first-order chi connectivity index (χ1) is 17.2. The van der Waals surface area contributed by atoms with Crippen molar-refractivity contribution < 1.29 is 9.53 Å². The third kappa shape index (κ3) is 6.96. The van der Waals surface area contributed by atoms with Gasteiger partial charge >= 0.3 is 0 Å². The van der Waals surface area contributed by atoms with E-state index in [1.807, 2.05) is 30.3 Å². The van der Waals surface area contributed by atoms with Crippen molar-refractivity contribution >= 4 is 22.9 Å². The summed E-state index contributed by atoms with van der Waals surface area (Å²) in [4.78, 5) is 24.5. The Kier molecular flexibility index (Phi) is 8.18. The van der Waals surface area contributed by atoms with E-state index in [1.54, 1.807) is 11.3 Å². The quantitative estimate of drug-likeness (QED) is 0.521. The fourth-order valence-corrected chi connectivity index (χ4v) is 5.36. The number of carbonyl (C=O) groups excluding carboxylic acids is 1. The number of nitrogens with one attached hydrogen (secondary N) is 1. The molecule has 2 aromatic carbocycles. The van der Waals surface area contributed by atoms with Gasteiger partial charge in [0.25, 0.3) is 0 Å². The maximum absolute atomic E-state index is 12.6. The summed E-state index contributed by atoms with van der Waals surface area (Å²) in [6, 6.07) is 18.5. The molecule has 2 aliphatic rings. The Bertz CT molecular complexity index is 1070. The van der Waals surface area contributed by atoms with Crippen molar-refractivity contribution in [3.63, 3.8) is 0 Å². The van der Waals surface area contributed by atoms with Crippen LogP contribution in [0.2, 0.25) is 0 Å². The highest BCUT2D eigenvalue weighted by atomic mass is 32.1. The van der Waals surface area contributed by atoms with E-state index < -0.39 is 0 Å². The van der Waals surface area contributed by atoms with E-state index in [4.69, 9.17) is 9.72 Å². The second kappa shape index (κ2) is 11.9. The Balaban J connectivity index is 1.03. The molecule has 184 valence electrons. The molecule has 2 aliphatic heterocycles. The summed E-state index contributed by atoms with van der Waals surface area (Å²) in [6.07, 6.45) is 0. The molecule has 0 spiro atoms. The van der Waals surface area contributed by atoms with Gasteiger partial charge in [-0.3, -0.25) is 19.5 Å². The SMILES string of the molecule is O=C(CN1CCN(Cc2csc(-c3ccccc3)n2)CC1)Nc1ccc(CN2CCOCC2)cc1. The van der Waals surface area contributed by atoms with E-state index in [2.05, 4.69) is 49.7 Å². The van der Waals surface area contributed by atoms with Crippen LogP contribution >= 0.6 is 11.3 Å². The van der Waals surface area contributed by atoms with Crippen LogP contribution in [-0.2, 0) is 22.6 Å². The highest BCUT2D eigenvalue weighted by Crippen LogP contribution is 2.24. The van der Waals surface area contributed by atoms with Gasteiger partial charge in [-0.1, -0.05) is 42.5 Å². The number of hydrogen-bond acceptors (Lipinski definition) is 7. The summed E-state index contributed by atoms with van der Waals surface area (Å²) in [5.74, 6) is 0.0476. The van der Waals surface area contributed by atoms with Crippen LogP contribution in [-0.4, -0.2) is 84.6 Å². The van der Waals surface area contributed by atoms with Gasteiger partial charge in [0.05, 0.1) is 25.5 Å². The van der Waals surface area contributed by atoms with Crippen LogP contribution in [0, 0.1) is 0 Å². The van der Waals surface area contributed by atoms with Gasteiger partial charge in [0.2, 0.25) is 5.91 Å². The first-order valence-electron chi connectivity index (χ1n) is 12.3. The molecule has 1 N–H and O–H groups in total. The Hall–Kier alpha value is -2.62. The average molecular weight is 492 g/mol. The molecule has 0 unspecified atom stereocenters. The van der Waals surface area contributed by atoms with Crippen LogP contribution in [0.15, 0.2) is 60.0 Å². The zero-order chi connectivity index (χ0) is 23.9. The number of hydrogen-bond donors (Lipinski definition) is 1. The van der Waals surface area contributed by atoms with Gasteiger partial charge in [-0.2, -0.15) is 0 Å². The standard InChI is InChI=1S/C27H33N5O2S/c33-26(28-24-8-6-22(7-9-24)18-32-14-16-34-17-15-32)20-31-12-10-30(11-13-31)19-25-21-35-27(29-25)23-4-2-1-3-5-23/h1-9,21H,10-20H2,(H,28,33). The summed E-state index contributed by atoms with van der Waals surface area (Å²) in [5, 5.41) is 6.29. The zero-order valence-corrected chi connectivity index (χ0v) is 20.9. The van der Waals surface area contributed by atoms with E-state index in [-0.39, 0.29) is 5.91 Å². The molecule has 2 saturated heterocycles. The van der Waals surface area contributed by atoms with Crippen LogP contribution in [0.3, 0.4) is 0 Å². The summed E-state index contributed by atoms with van der Waals surface area (Å²) in [6.45, 7) is 9.46. The number of carbonyl (C=O) groups is 1. The van der Waals surface area contributed by atoms with E-state index in [9.17, 15) is 4.79 Å².